The Morgan fingerprint density at radius 1 is 1.24 bits per heavy atom. The number of fused-ring (bicyclic) bond motifs is 1. The highest BCUT2D eigenvalue weighted by Gasteiger charge is 2.31. The lowest BCUT2D eigenvalue weighted by atomic mass is 10.0. The number of pyridine rings is 2. The molecule has 38 heavy (non-hydrogen) atoms. The average molecular weight is 534 g/mol. The topological polar surface area (TPSA) is 128 Å². The summed E-state index contributed by atoms with van der Waals surface area (Å²) in [6.07, 6.45) is 7.08. The quantitative estimate of drug-likeness (QED) is 0.376. The lowest BCUT2D eigenvalue weighted by Crippen LogP contribution is -2.43. The number of carbonyl (C=O) groups is 2. The van der Waals surface area contributed by atoms with Crippen LogP contribution in [-0.4, -0.2) is 61.1 Å². The van der Waals surface area contributed by atoms with Crippen LogP contribution in [0.2, 0.25) is 0 Å². The second-order valence-corrected chi connectivity index (χ2v) is 11.3. The van der Waals surface area contributed by atoms with E-state index in [0.29, 0.717) is 39.5 Å². The number of hydrogen-bond donors (Lipinski definition) is 2. The van der Waals surface area contributed by atoms with Crippen molar-refractivity contribution in [3.8, 4) is 21.7 Å². The predicted octanol–water partition coefficient (Wildman–Crippen LogP) is 2.84. The zero-order valence-electron chi connectivity index (χ0n) is 21.9. The van der Waals surface area contributed by atoms with Gasteiger partial charge in [0.1, 0.15) is 4.83 Å². The molecule has 3 N–H and O–H groups in total. The molecule has 5 rings (SSSR count). The number of nitrogens with zero attached hydrogens (tertiary/aromatic N) is 5. The summed E-state index contributed by atoms with van der Waals surface area (Å²) in [4.78, 5) is 45.5. The predicted molar refractivity (Wildman–Crippen MR) is 147 cm³/mol. The first-order chi connectivity index (χ1) is 18.1. The van der Waals surface area contributed by atoms with Gasteiger partial charge in [-0.05, 0) is 52.3 Å². The molecule has 4 aromatic heterocycles. The van der Waals surface area contributed by atoms with Gasteiger partial charge in [0.15, 0.2) is 0 Å². The van der Waals surface area contributed by atoms with E-state index in [1.807, 2.05) is 6.92 Å². The van der Waals surface area contributed by atoms with Crippen molar-refractivity contribution in [2.24, 2.45) is 12.8 Å². The summed E-state index contributed by atoms with van der Waals surface area (Å²) in [5.41, 5.74) is 9.20. The van der Waals surface area contributed by atoms with Gasteiger partial charge in [-0.25, -0.2) is 4.52 Å². The van der Waals surface area contributed by atoms with Crippen molar-refractivity contribution in [1.82, 2.24) is 29.4 Å². The Morgan fingerprint density at radius 3 is 2.71 bits per heavy atom. The largest absolute Gasteiger partial charge is 0.365 e. The summed E-state index contributed by atoms with van der Waals surface area (Å²) in [7, 11) is 1.68. The van der Waals surface area contributed by atoms with Gasteiger partial charge in [-0.2, -0.15) is 5.10 Å². The van der Waals surface area contributed by atoms with Crippen molar-refractivity contribution in [3.63, 3.8) is 0 Å². The number of nitrogens with one attached hydrogen (secondary N) is 1. The van der Waals surface area contributed by atoms with Crippen molar-refractivity contribution in [2.45, 2.75) is 39.2 Å². The number of primary amides is 1. The van der Waals surface area contributed by atoms with E-state index in [-0.39, 0.29) is 17.0 Å². The molecular formula is C27H31N7O3S. The maximum Gasteiger partial charge on any atom is 0.253 e. The monoisotopic (exact) mass is 533 g/mol. The zero-order chi connectivity index (χ0) is 27.2. The van der Waals surface area contributed by atoms with E-state index in [2.05, 4.69) is 34.1 Å². The Morgan fingerprint density at radius 2 is 2.03 bits per heavy atom. The molecule has 11 heteroatoms. The number of aryl methyl sites for hydroxylation is 2. The molecule has 4 aromatic rings. The Bertz CT molecular complexity index is 1610. The second kappa shape index (κ2) is 9.80. The maximum absolute atomic E-state index is 13.1. The number of aromatic nitrogens is 4. The molecule has 0 aromatic carbocycles. The van der Waals surface area contributed by atoms with Gasteiger partial charge in [-0.1, -0.05) is 0 Å². The van der Waals surface area contributed by atoms with Crippen LogP contribution in [0.25, 0.3) is 26.5 Å². The van der Waals surface area contributed by atoms with E-state index in [1.54, 1.807) is 36.1 Å². The highest BCUT2D eigenvalue weighted by molar-refractivity contribution is 7.21. The maximum atomic E-state index is 13.1. The zero-order valence-corrected chi connectivity index (χ0v) is 22.8. The van der Waals surface area contributed by atoms with Crippen molar-refractivity contribution >= 4 is 28.0 Å². The van der Waals surface area contributed by atoms with Crippen molar-refractivity contribution in [2.75, 3.05) is 19.6 Å². The fourth-order valence-electron chi connectivity index (χ4n) is 5.05. The first-order valence-corrected chi connectivity index (χ1v) is 13.4. The van der Waals surface area contributed by atoms with E-state index >= 15 is 0 Å². The van der Waals surface area contributed by atoms with E-state index in [9.17, 15) is 14.4 Å². The number of amides is 2. The van der Waals surface area contributed by atoms with E-state index < -0.39 is 5.91 Å². The molecule has 1 saturated heterocycles. The SMILES string of the molecule is Cc1ncc(C(=O)NCCN2CCCC2(C)C)cc1-c1c(-c2ccc(=O)n(C)c2)sc2c(C(N)=O)cnn12. The third kappa shape index (κ3) is 4.63. The summed E-state index contributed by atoms with van der Waals surface area (Å²) in [6, 6.07) is 5.03. The molecule has 2 amide bonds. The van der Waals surface area contributed by atoms with E-state index in [0.717, 1.165) is 30.0 Å². The number of carbonyl (C=O) groups excluding carboxylic acids is 2. The van der Waals surface area contributed by atoms with Crippen LogP contribution >= 0.6 is 11.3 Å². The van der Waals surface area contributed by atoms with Crippen LogP contribution < -0.4 is 16.6 Å². The van der Waals surface area contributed by atoms with Crippen LogP contribution in [0.15, 0.2) is 41.6 Å². The minimum Gasteiger partial charge on any atom is -0.365 e. The first kappa shape index (κ1) is 25.8. The lowest BCUT2D eigenvalue weighted by Gasteiger charge is -2.31. The molecule has 1 aliphatic heterocycles. The molecule has 0 saturated carbocycles. The summed E-state index contributed by atoms with van der Waals surface area (Å²) in [5, 5.41) is 7.48. The average Bonchev–Trinajstić information content (AvgIpc) is 3.54. The van der Waals surface area contributed by atoms with Gasteiger partial charge >= 0.3 is 0 Å². The van der Waals surface area contributed by atoms with Gasteiger partial charge in [-0.3, -0.25) is 24.3 Å². The van der Waals surface area contributed by atoms with Crippen molar-refractivity contribution in [1.29, 1.82) is 0 Å². The third-order valence-electron chi connectivity index (χ3n) is 7.31. The van der Waals surface area contributed by atoms with Crippen LogP contribution in [0.4, 0.5) is 0 Å². The molecule has 0 atom stereocenters. The highest BCUT2D eigenvalue weighted by atomic mass is 32.1. The van der Waals surface area contributed by atoms with Crippen molar-refractivity contribution < 1.29 is 9.59 Å². The van der Waals surface area contributed by atoms with Crippen LogP contribution in [0, 0.1) is 6.92 Å². The van der Waals surface area contributed by atoms with Gasteiger partial charge in [0.2, 0.25) is 5.56 Å². The molecule has 0 spiro atoms. The summed E-state index contributed by atoms with van der Waals surface area (Å²) in [5.74, 6) is -0.784. The Kier molecular flexibility index (Phi) is 6.66. The summed E-state index contributed by atoms with van der Waals surface area (Å²) >= 11 is 1.35. The molecule has 1 aliphatic rings. The van der Waals surface area contributed by atoms with Crippen LogP contribution in [0.1, 0.15) is 53.1 Å². The van der Waals surface area contributed by atoms with Gasteiger partial charge in [0.05, 0.1) is 27.9 Å². The number of nitrogens with two attached hydrogens (primary N) is 1. The number of rotatable bonds is 7. The normalized spacial score (nSPS) is 15.3. The molecular weight excluding hydrogens is 502 g/mol. The molecule has 5 heterocycles. The van der Waals surface area contributed by atoms with Gasteiger partial charge < -0.3 is 15.6 Å². The standard InChI is InChI=1S/C27H31N7O3S/c1-16-19(12-18(13-30-16)25(37)29-9-11-33-10-5-8-27(33,2)3)22-23(17-6-7-21(35)32(4)15-17)38-26-20(24(28)36)14-31-34(22)26/h6-7,12-15H,5,8-11H2,1-4H3,(H2,28,36)(H,29,37). The summed E-state index contributed by atoms with van der Waals surface area (Å²) in [6.45, 7) is 8.70. The van der Waals surface area contributed by atoms with Crippen LogP contribution in [-0.2, 0) is 7.05 Å². The van der Waals surface area contributed by atoms with Crippen molar-refractivity contribution in [3.05, 3.63) is 64.0 Å². The Labute approximate surface area is 224 Å². The van der Waals surface area contributed by atoms with Crippen LogP contribution in [0.5, 0.6) is 0 Å². The van der Waals surface area contributed by atoms with Gasteiger partial charge in [-0.15, -0.1) is 11.3 Å². The van der Waals surface area contributed by atoms with E-state index in [1.165, 1.54) is 34.6 Å². The molecule has 0 aliphatic carbocycles. The summed E-state index contributed by atoms with van der Waals surface area (Å²) < 4.78 is 3.15. The fourth-order valence-corrected chi connectivity index (χ4v) is 6.26. The third-order valence-corrected chi connectivity index (χ3v) is 8.53. The molecule has 10 nitrogen and oxygen atoms in total. The molecule has 0 radical (unpaired) electrons. The smallest absolute Gasteiger partial charge is 0.253 e. The first-order valence-electron chi connectivity index (χ1n) is 12.5. The number of thiazole rings is 1. The molecule has 198 valence electrons. The minimum absolute atomic E-state index is 0.136. The minimum atomic E-state index is -0.580. The van der Waals surface area contributed by atoms with E-state index in [4.69, 9.17) is 5.73 Å². The van der Waals surface area contributed by atoms with Gasteiger partial charge in [0.25, 0.3) is 11.8 Å². The molecule has 1 fully saturated rings. The fraction of sp³-hybridized carbons (Fsp3) is 0.370. The lowest BCUT2D eigenvalue weighted by molar-refractivity contribution is 0.0939. The molecule has 0 unspecified atom stereocenters. The number of hydrogen-bond acceptors (Lipinski definition) is 7. The number of likely N-dealkylation sites (tertiary alicyclic amines) is 1. The molecule has 0 bridgehead atoms. The second-order valence-electron chi connectivity index (χ2n) is 10.3. The highest BCUT2D eigenvalue weighted by Crippen LogP contribution is 2.41. The Balaban J connectivity index is 1.53. The van der Waals surface area contributed by atoms with Crippen LogP contribution in [0.3, 0.4) is 0 Å². The van der Waals surface area contributed by atoms with Gasteiger partial charge in [0, 0.05) is 61.0 Å². The Hall–Kier alpha value is -3.83.